The Hall–Kier alpha value is -2.29. The van der Waals surface area contributed by atoms with Crippen molar-refractivity contribution in [1.29, 1.82) is 0 Å². The molecule has 0 unspecified atom stereocenters. The first kappa shape index (κ1) is 20.4. The molecule has 0 atom stereocenters. The summed E-state index contributed by atoms with van der Waals surface area (Å²) < 4.78 is 38.8. The lowest BCUT2D eigenvalue weighted by Crippen LogP contribution is -2.26. The zero-order valence-electron chi connectivity index (χ0n) is 15.9. The van der Waals surface area contributed by atoms with Crippen molar-refractivity contribution in [3.8, 4) is 17.1 Å². The van der Waals surface area contributed by atoms with E-state index >= 15 is 0 Å². The molecule has 28 heavy (non-hydrogen) atoms. The minimum Gasteiger partial charge on any atom is -0.495 e. The molecule has 0 bridgehead atoms. The predicted octanol–water partition coefficient (Wildman–Crippen LogP) is 3.90. The Labute approximate surface area is 169 Å². The molecule has 1 N–H and O–H groups in total. The molecule has 0 radical (unpaired) electrons. The van der Waals surface area contributed by atoms with Crippen LogP contribution in [-0.4, -0.2) is 33.5 Å². The second-order valence-electron chi connectivity index (χ2n) is 6.19. The Kier molecular flexibility index (Phi) is 6.43. The molecule has 148 valence electrons. The van der Waals surface area contributed by atoms with Crippen molar-refractivity contribution >= 4 is 21.8 Å². The van der Waals surface area contributed by atoms with E-state index in [9.17, 15) is 8.42 Å². The highest BCUT2D eigenvalue weighted by Gasteiger charge is 2.21. The van der Waals surface area contributed by atoms with Crippen LogP contribution in [0.15, 0.2) is 62.8 Å². The molecule has 3 rings (SSSR count). The van der Waals surface area contributed by atoms with Gasteiger partial charge in [0.1, 0.15) is 10.6 Å². The van der Waals surface area contributed by atoms with Crippen molar-refractivity contribution in [3.63, 3.8) is 0 Å². The third-order valence-electron chi connectivity index (χ3n) is 4.23. The molecule has 1 heterocycles. The lowest BCUT2D eigenvalue weighted by Gasteiger charge is -2.12. The van der Waals surface area contributed by atoms with Crippen LogP contribution in [0.25, 0.3) is 11.3 Å². The molecule has 2 aromatic carbocycles. The van der Waals surface area contributed by atoms with Crippen molar-refractivity contribution in [1.82, 2.24) is 9.88 Å². The lowest BCUT2D eigenvalue weighted by molar-refractivity contribution is 0.402. The van der Waals surface area contributed by atoms with Crippen LogP contribution in [0.2, 0.25) is 0 Å². The van der Waals surface area contributed by atoms with Gasteiger partial charge in [0, 0.05) is 23.1 Å². The number of hydrogen-bond acceptors (Lipinski definition) is 6. The summed E-state index contributed by atoms with van der Waals surface area (Å²) >= 11 is 1.67. The quantitative estimate of drug-likeness (QED) is 0.559. The smallest absolute Gasteiger partial charge is 0.244 e. The average molecular weight is 419 g/mol. The Morgan fingerprint density at radius 2 is 1.89 bits per heavy atom. The summed E-state index contributed by atoms with van der Waals surface area (Å²) in [5.41, 5.74) is 2.41. The number of ether oxygens (including phenoxy) is 1. The van der Waals surface area contributed by atoms with E-state index in [1.54, 1.807) is 30.0 Å². The number of benzene rings is 2. The van der Waals surface area contributed by atoms with Crippen molar-refractivity contribution in [3.05, 3.63) is 59.8 Å². The number of aromatic nitrogens is 1. The van der Waals surface area contributed by atoms with E-state index in [2.05, 4.69) is 9.88 Å². The molecule has 0 aliphatic rings. The van der Waals surface area contributed by atoms with E-state index in [1.807, 2.05) is 37.4 Å². The van der Waals surface area contributed by atoms with Crippen LogP contribution in [0, 0.1) is 6.92 Å². The van der Waals surface area contributed by atoms with E-state index in [4.69, 9.17) is 9.26 Å². The SMILES string of the molecule is COc1ccc(-c2cc(C)no2)cc1S(=O)(=O)NCCc1ccc(SC)cc1. The minimum atomic E-state index is -3.75. The fourth-order valence-corrected chi connectivity index (χ4v) is 4.37. The van der Waals surface area contributed by atoms with Crippen molar-refractivity contribution < 1.29 is 17.7 Å². The zero-order chi connectivity index (χ0) is 20.1. The number of aryl methyl sites for hydroxylation is 1. The van der Waals surface area contributed by atoms with E-state index in [0.717, 1.165) is 11.3 Å². The van der Waals surface area contributed by atoms with E-state index in [0.29, 0.717) is 17.7 Å². The molecule has 0 saturated heterocycles. The number of nitrogens with one attached hydrogen (secondary N) is 1. The van der Waals surface area contributed by atoms with Crippen LogP contribution in [0.1, 0.15) is 11.3 Å². The molecule has 8 heteroatoms. The highest BCUT2D eigenvalue weighted by atomic mass is 32.2. The van der Waals surface area contributed by atoms with Crippen molar-refractivity contribution in [2.75, 3.05) is 19.9 Å². The number of sulfonamides is 1. The van der Waals surface area contributed by atoms with Gasteiger partial charge in [-0.1, -0.05) is 17.3 Å². The minimum absolute atomic E-state index is 0.0688. The van der Waals surface area contributed by atoms with Gasteiger partial charge in [0.2, 0.25) is 10.0 Å². The summed E-state index contributed by atoms with van der Waals surface area (Å²) in [6, 6.07) is 14.7. The molecular formula is C20H22N2O4S2. The van der Waals surface area contributed by atoms with E-state index in [-0.39, 0.29) is 17.2 Å². The van der Waals surface area contributed by atoms with Crippen LogP contribution in [0.3, 0.4) is 0 Å². The molecule has 0 spiro atoms. The molecule has 6 nitrogen and oxygen atoms in total. The number of hydrogen-bond donors (Lipinski definition) is 1. The summed E-state index contributed by atoms with van der Waals surface area (Å²) in [5, 5.41) is 3.85. The van der Waals surface area contributed by atoms with E-state index in [1.165, 1.54) is 18.1 Å². The second kappa shape index (κ2) is 8.81. The van der Waals surface area contributed by atoms with Crippen LogP contribution in [0.5, 0.6) is 5.75 Å². The number of thioether (sulfide) groups is 1. The van der Waals surface area contributed by atoms with Crippen LogP contribution < -0.4 is 9.46 Å². The first-order valence-corrected chi connectivity index (χ1v) is 11.4. The lowest BCUT2D eigenvalue weighted by atomic mass is 10.1. The third-order valence-corrected chi connectivity index (χ3v) is 6.46. The first-order valence-electron chi connectivity index (χ1n) is 8.67. The topological polar surface area (TPSA) is 81.4 Å². The maximum absolute atomic E-state index is 12.9. The van der Waals surface area contributed by atoms with Crippen molar-refractivity contribution in [2.45, 2.75) is 23.1 Å². The fraction of sp³-hybridized carbons (Fsp3) is 0.250. The summed E-state index contributed by atoms with van der Waals surface area (Å²) in [7, 11) is -2.31. The largest absolute Gasteiger partial charge is 0.495 e. The summed E-state index contributed by atoms with van der Waals surface area (Å²) in [6.07, 6.45) is 2.61. The molecule has 3 aromatic rings. The predicted molar refractivity (Wildman–Crippen MR) is 110 cm³/mol. The highest BCUT2D eigenvalue weighted by molar-refractivity contribution is 7.98. The number of rotatable bonds is 8. The Morgan fingerprint density at radius 1 is 1.14 bits per heavy atom. The van der Waals surface area contributed by atoms with Crippen molar-refractivity contribution in [2.24, 2.45) is 0 Å². The Morgan fingerprint density at radius 3 is 2.50 bits per heavy atom. The molecule has 0 fully saturated rings. The first-order chi connectivity index (χ1) is 13.4. The fourth-order valence-electron chi connectivity index (χ4n) is 2.74. The van der Waals surface area contributed by atoms with Crippen LogP contribution >= 0.6 is 11.8 Å². The number of methoxy groups -OCH3 is 1. The van der Waals surface area contributed by atoms with Gasteiger partial charge in [0.25, 0.3) is 0 Å². The second-order valence-corrected chi connectivity index (χ2v) is 8.81. The van der Waals surface area contributed by atoms with Gasteiger partial charge in [0.15, 0.2) is 5.76 Å². The zero-order valence-corrected chi connectivity index (χ0v) is 17.6. The van der Waals surface area contributed by atoms with Crippen LogP contribution in [-0.2, 0) is 16.4 Å². The molecule has 0 aliphatic carbocycles. The van der Waals surface area contributed by atoms with Gasteiger partial charge in [-0.2, -0.15) is 0 Å². The van der Waals surface area contributed by atoms with Gasteiger partial charge in [-0.05, 0) is 55.5 Å². The summed E-state index contributed by atoms with van der Waals surface area (Å²) in [6.45, 7) is 2.09. The number of nitrogens with zero attached hydrogens (tertiary/aromatic N) is 1. The maximum Gasteiger partial charge on any atom is 0.244 e. The summed E-state index contributed by atoms with van der Waals surface area (Å²) in [5.74, 6) is 0.780. The average Bonchev–Trinajstić information content (AvgIpc) is 3.14. The van der Waals surface area contributed by atoms with Crippen LogP contribution in [0.4, 0.5) is 0 Å². The van der Waals surface area contributed by atoms with E-state index < -0.39 is 10.0 Å². The van der Waals surface area contributed by atoms with Gasteiger partial charge < -0.3 is 9.26 Å². The Bertz CT molecular complexity index is 1040. The molecule has 0 saturated carbocycles. The molecular weight excluding hydrogens is 396 g/mol. The summed E-state index contributed by atoms with van der Waals surface area (Å²) in [4.78, 5) is 1.24. The highest BCUT2D eigenvalue weighted by Crippen LogP contribution is 2.30. The van der Waals surface area contributed by atoms with Gasteiger partial charge >= 0.3 is 0 Å². The standard InChI is InChI=1S/C20H22N2O4S2/c1-14-12-19(26-22-14)16-6-9-18(25-2)20(13-16)28(23,24)21-11-10-15-4-7-17(27-3)8-5-15/h4-9,12-13,21H,10-11H2,1-3H3. The van der Waals surface area contributed by atoms with Gasteiger partial charge in [-0.15, -0.1) is 11.8 Å². The molecule has 0 aliphatic heterocycles. The maximum atomic E-state index is 12.9. The van der Waals surface area contributed by atoms with Gasteiger partial charge in [-0.3, -0.25) is 0 Å². The van der Waals surface area contributed by atoms with Gasteiger partial charge in [-0.25, -0.2) is 13.1 Å². The Balaban J connectivity index is 1.77. The normalized spacial score (nSPS) is 11.5. The third kappa shape index (κ3) is 4.76. The molecule has 0 amide bonds. The monoisotopic (exact) mass is 418 g/mol. The van der Waals surface area contributed by atoms with Gasteiger partial charge in [0.05, 0.1) is 12.8 Å². The molecule has 1 aromatic heterocycles.